The second-order valence-corrected chi connectivity index (χ2v) is 11.7. The number of aryl methyl sites for hydroxylation is 2. The van der Waals surface area contributed by atoms with Crippen molar-refractivity contribution in [3.63, 3.8) is 0 Å². The zero-order chi connectivity index (χ0) is 27.1. The molecule has 0 unspecified atom stereocenters. The zero-order valence-corrected chi connectivity index (χ0v) is 24.0. The first-order chi connectivity index (χ1) is 19.7. The summed E-state index contributed by atoms with van der Waals surface area (Å²) < 4.78 is 12.0. The van der Waals surface area contributed by atoms with E-state index in [4.69, 9.17) is 9.47 Å². The van der Waals surface area contributed by atoms with Gasteiger partial charge in [-0.1, -0.05) is 48.6 Å². The molecule has 0 amide bonds. The van der Waals surface area contributed by atoms with Crippen LogP contribution in [0.15, 0.2) is 36.4 Å². The molecule has 3 aromatic carbocycles. The zero-order valence-electron chi connectivity index (χ0n) is 24.0. The lowest BCUT2D eigenvalue weighted by atomic mass is 9.88. The Morgan fingerprint density at radius 3 is 1.35 bits per heavy atom. The molecule has 7 rings (SSSR count). The number of anilines is 2. The maximum Gasteiger partial charge on any atom is 0.131 e. The second-order valence-electron chi connectivity index (χ2n) is 11.7. The van der Waals surface area contributed by atoms with Crippen LogP contribution in [0.2, 0.25) is 0 Å². The molecule has 0 aromatic heterocycles. The summed E-state index contributed by atoms with van der Waals surface area (Å²) >= 11 is 0. The predicted octanol–water partition coefficient (Wildman–Crippen LogP) is 7.44. The summed E-state index contributed by atoms with van der Waals surface area (Å²) in [4.78, 5) is 5.15. The van der Waals surface area contributed by atoms with Crippen molar-refractivity contribution >= 4 is 35.7 Å². The van der Waals surface area contributed by atoms with E-state index in [1.165, 1.54) is 121 Å². The molecule has 0 fully saturated rings. The van der Waals surface area contributed by atoms with Gasteiger partial charge in [0.15, 0.2) is 0 Å². The van der Waals surface area contributed by atoms with Crippen molar-refractivity contribution in [1.29, 1.82) is 0 Å². The Morgan fingerprint density at radius 2 is 0.950 bits per heavy atom. The van der Waals surface area contributed by atoms with Gasteiger partial charge in [0, 0.05) is 59.8 Å². The summed E-state index contributed by atoms with van der Waals surface area (Å²) in [6.07, 6.45) is 18.4. The molecule has 0 radical (unpaired) electrons. The minimum atomic E-state index is 1.06. The Hall–Kier alpha value is -3.66. The molecule has 0 bridgehead atoms. The number of hydrogen-bond acceptors (Lipinski definition) is 4. The smallest absolute Gasteiger partial charge is 0.131 e. The van der Waals surface area contributed by atoms with Crippen LogP contribution in [0, 0.1) is 0 Å². The lowest BCUT2D eigenvalue weighted by Crippen LogP contribution is -2.34. The maximum absolute atomic E-state index is 5.98. The monoisotopic (exact) mass is 532 g/mol. The van der Waals surface area contributed by atoms with Gasteiger partial charge in [-0.25, -0.2) is 0 Å². The van der Waals surface area contributed by atoms with Crippen LogP contribution in [0.3, 0.4) is 0 Å². The van der Waals surface area contributed by atoms with Crippen molar-refractivity contribution in [3.05, 3.63) is 80.9 Å². The summed E-state index contributed by atoms with van der Waals surface area (Å²) in [5.41, 5.74) is 13.5. The molecule has 0 spiro atoms. The fraction of sp³-hybridized carbons (Fsp3) is 0.389. The van der Waals surface area contributed by atoms with Gasteiger partial charge in [0.1, 0.15) is 11.5 Å². The first kappa shape index (κ1) is 25.3. The van der Waals surface area contributed by atoms with Crippen molar-refractivity contribution in [2.75, 3.05) is 50.2 Å². The third-order valence-electron chi connectivity index (χ3n) is 9.26. The van der Waals surface area contributed by atoms with Crippen LogP contribution in [0.4, 0.5) is 11.4 Å². The molecule has 0 saturated carbocycles. The van der Waals surface area contributed by atoms with Crippen molar-refractivity contribution < 1.29 is 9.47 Å². The van der Waals surface area contributed by atoms with Gasteiger partial charge >= 0.3 is 0 Å². The third kappa shape index (κ3) is 4.48. The van der Waals surface area contributed by atoms with Gasteiger partial charge in [-0.3, -0.25) is 0 Å². The van der Waals surface area contributed by atoms with Crippen molar-refractivity contribution in [1.82, 2.24) is 0 Å². The lowest BCUT2D eigenvalue weighted by molar-refractivity contribution is 0.406. The topological polar surface area (TPSA) is 24.9 Å². The molecule has 4 heteroatoms. The van der Waals surface area contributed by atoms with Gasteiger partial charge in [-0.05, 0) is 85.8 Å². The van der Waals surface area contributed by atoms with Crippen LogP contribution >= 0.6 is 0 Å². The largest absolute Gasteiger partial charge is 0.496 e. The average Bonchev–Trinajstić information content (AvgIpc) is 3.00. The van der Waals surface area contributed by atoms with E-state index in [9.17, 15) is 0 Å². The van der Waals surface area contributed by atoms with E-state index in [0.717, 1.165) is 24.3 Å². The standard InChI is InChI=1S/C36H40N2O2/c1-39-35-29(23-27-7-3-19-37-21-5-9-31(35)33(27)37)17-15-25-11-13-26(14-12-25)16-18-30-24-28-8-4-20-38-22-6-10-32(34(28)38)36(30)40-2/h11-18,23-24H,3-10,19-22H2,1-2H3/b17-15+,18-16+. The summed E-state index contributed by atoms with van der Waals surface area (Å²) in [6.45, 7) is 4.71. The molecule has 4 aliphatic rings. The Kier molecular flexibility index (Phi) is 6.79. The molecule has 0 aliphatic carbocycles. The minimum absolute atomic E-state index is 1.06. The lowest BCUT2D eigenvalue weighted by Gasteiger charge is -2.38. The molecule has 4 heterocycles. The van der Waals surface area contributed by atoms with Crippen LogP contribution in [-0.2, 0) is 25.7 Å². The van der Waals surface area contributed by atoms with Crippen LogP contribution in [-0.4, -0.2) is 40.4 Å². The molecular weight excluding hydrogens is 492 g/mol. The molecular formula is C36H40N2O2. The second kappa shape index (κ2) is 10.7. The Balaban J connectivity index is 1.13. The Morgan fingerprint density at radius 1 is 0.550 bits per heavy atom. The maximum atomic E-state index is 5.98. The van der Waals surface area contributed by atoms with E-state index < -0.39 is 0 Å². The van der Waals surface area contributed by atoms with Gasteiger partial charge in [0.2, 0.25) is 0 Å². The third-order valence-corrected chi connectivity index (χ3v) is 9.26. The number of methoxy groups -OCH3 is 2. The minimum Gasteiger partial charge on any atom is -0.496 e. The molecule has 0 atom stereocenters. The van der Waals surface area contributed by atoms with Gasteiger partial charge < -0.3 is 19.3 Å². The van der Waals surface area contributed by atoms with E-state index in [1.54, 1.807) is 0 Å². The van der Waals surface area contributed by atoms with Crippen molar-refractivity contribution in [3.8, 4) is 11.5 Å². The number of ether oxygens (including phenoxy) is 2. The first-order valence-corrected chi connectivity index (χ1v) is 15.1. The number of rotatable bonds is 6. The summed E-state index contributed by atoms with van der Waals surface area (Å²) in [7, 11) is 3.64. The van der Waals surface area contributed by atoms with Gasteiger partial charge in [0.05, 0.1) is 14.2 Å². The molecule has 4 nitrogen and oxygen atoms in total. The highest BCUT2D eigenvalue weighted by Gasteiger charge is 2.29. The quantitative estimate of drug-likeness (QED) is 0.308. The highest BCUT2D eigenvalue weighted by atomic mass is 16.5. The molecule has 3 aromatic rings. The fourth-order valence-electron chi connectivity index (χ4n) is 7.53. The SMILES string of the molecule is COc1c(/C=C/c2ccc(/C=C/c3cc4c5c(c3OC)CCCN5CCC4)cc2)cc2c3c1CCCN3CCC2. The van der Waals surface area contributed by atoms with E-state index in [0.29, 0.717) is 0 Å². The van der Waals surface area contributed by atoms with Gasteiger partial charge in [-0.15, -0.1) is 0 Å². The molecule has 0 N–H and O–H groups in total. The molecule has 40 heavy (non-hydrogen) atoms. The van der Waals surface area contributed by atoms with Crippen LogP contribution in [0.25, 0.3) is 24.3 Å². The summed E-state index contributed by atoms with van der Waals surface area (Å²) in [5.74, 6) is 2.12. The van der Waals surface area contributed by atoms with Crippen LogP contribution in [0.1, 0.15) is 70.2 Å². The van der Waals surface area contributed by atoms with Crippen molar-refractivity contribution in [2.24, 2.45) is 0 Å². The van der Waals surface area contributed by atoms with Gasteiger partial charge in [-0.2, -0.15) is 0 Å². The molecule has 0 saturated heterocycles. The van der Waals surface area contributed by atoms with Gasteiger partial charge in [0.25, 0.3) is 0 Å². The average molecular weight is 533 g/mol. The van der Waals surface area contributed by atoms with E-state index in [-0.39, 0.29) is 0 Å². The first-order valence-electron chi connectivity index (χ1n) is 15.1. The highest BCUT2D eigenvalue weighted by molar-refractivity contribution is 5.81. The summed E-state index contributed by atoms with van der Waals surface area (Å²) in [5, 5.41) is 0. The predicted molar refractivity (Wildman–Crippen MR) is 168 cm³/mol. The van der Waals surface area contributed by atoms with E-state index >= 15 is 0 Å². The summed E-state index contributed by atoms with van der Waals surface area (Å²) in [6, 6.07) is 13.6. The number of nitrogens with zero attached hydrogens (tertiary/aromatic N) is 2. The molecule has 206 valence electrons. The fourth-order valence-corrected chi connectivity index (χ4v) is 7.53. The Bertz CT molecular complexity index is 1370. The Labute approximate surface area is 238 Å². The van der Waals surface area contributed by atoms with Crippen LogP contribution in [0.5, 0.6) is 11.5 Å². The normalized spacial score (nSPS) is 17.8. The highest BCUT2D eigenvalue weighted by Crippen LogP contribution is 2.44. The van der Waals surface area contributed by atoms with Crippen LogP contribution < -0.4 is 19.3 Å². The van der Waals surface area contributed by atoms with E-state index in [2.05, 4.69) is 70.5 Å². The van der Waals surface area contributed by atoms with E-state index in [1.807, 2.05) is 14.2 Å². The van der Waals surface area contributed by atoms with Crippen molar-refractivity contribution in [2.45, 2.75) is 51.4 Å². The number of benzene rings is 3. The molecule has 4 aliphatic heterocycles. The number of hydrogen-bond donors (Lipinski definition) is 0.